The zero-order valence-corrected chi connectivity index (χ0v) is 8.82. The van der Waals surface area contributed by atoms with Gasteiger partial charge in [0.2, 0.25) is 0 Å². The van der Waals surface area contributed by atoms with Gasteiger partial charge in [-0.1, -0.05) is 0 Å². The van der Waals surface area contributed by atoms with Gasteiger partial charge < -0.3 is 11.1 Å². The summed E-state index contributed by atoms with van der Waals surface area (Å²) in [6.07, 6.45) is -1.26. The fourth-order valence-electron chi connectivity index (χ4n) is 1.57. The van der Waals surface area contributed by atoms with Crippen molar-refractivity contribution >= 4 is 0 Å². The Morgan fingerprint density at radius 1 is 1.27 bits per heavy atom. The maximum absolute atomic E-state index is 11.8. The van der Waals surface area contributed by atoms with Crippen LogP contribution in [-0.2, 0) is 0 Å². The standard InChI is InChI=1S/C10H19F3N2/c11-10(12,13)5-1-6-15-7-4-9(14)8-2-3-8/h8-9,15H,1-7,14H2. The van der Waals surface area contributed by atoms with Gasteiger partial charge in [-0.15, -0.1) is 0 Å². The number of halogens is 3. The molecule has 90 valence electrons. The van der Waals surface area contributed by atoms with Crippen LogP contribution in [0.4, 0.5) is 13.2 Å². The number of nitrogens with one attached hydrogen (secondary N) is 1. The minimum absolute atomic E-state index is 0.155. The Kier molecular flexibility index (Phi) is 4.86. The molecule has 1 saturated carbocycles. The summed E-state index contributed by atoms with van der Waals surface area (Å²) in [6, 6.07) is 0.236. The van der Waals surface area contributed by atoms with Crippen molar-refractivity contribution in [3.63, 3.8) is 0 Å². The molecule has 2 nitrogen and oxygen atoms in total. The van der Waals surface area contributed by atoms with Crippen LogP contribution in [0.15, 0.2) is 0 Å². The largest absolute Gasteiger partial charge is 0.389 e. The lowest BCUT2D eigenvalue weighted by molar-refractivity contribution is -0.135. The molecule has 0 aliphatic heterocycles. The summed E-state index contributed by atoms with van der Waals surface area (Å²) in [5, 5.41) is 2.99. The highest BCUT2D eigenvalue weighted by Crippen LogP contribution is 2.32. The Balaban J connectivity index is 1.84. The highest BCUT2D eigenvalue weighted by atomic mass is 19.4. The lowest BCUT2D eigenvalue weighted by atomic mass is 10.1. The average molecular weight is 224 g/mol. The molecule has 0 aromatic heterocycles. The van der Waals surface area contributed by atoms with Crippen molar-refractivity contribution in [1.82, 2.24) is 5.32 Å². The number of hydrogen-bond donors (Lipinski definition) is 2. The van der Waals surface area contributed by atoms with Crippen molar-refractivity contribution < 1.29 is 13.2 Å². The Labute approximate surface area is 88.4 Å². The Morgan fingerprint density at radius 3 is 2.47 bits per heavy atom. The fourth-order valence-corrected chi connectivity index (χ4v) is 1.57. The fraction of sp³-hybridized carbons (Fsp3) is 1.00. The molecular formula is C10H19F3N2. The molecule has 0 saturated heterocycles. The van der Waals surface area contributed by atoms with E-state index in [-0.39, 0.29) is 12.5 Å². The van der Waals surface area contributed by atoms with Crippen molar-refractivity contribution in [2.24, 2.45) is 11.7 Å². The Morgan fingerprint density at radius 2 is 1.93 bits per heavy atom. The van der Waals surface area contributed by atoms with E-state index in [1.165, 1.54) is 12.8 Å². The summed E-state index contributed by atoms with van der Waals surface area (Å²) in [4.78, 5) is 0. The monoisotopic (exact) mass is 224 g/mol. The molecule has 1 aliphatic carbocycles. The topological polar surface area (TPSA) is 38.0 Å². The van der Waals surface area contributed by atoms with Gasteiger partial charge in [0.25, 0.3) is 0 Å². The third kappa shape index (κ3) is 6.73. The van der Waals surface area contributed by atoms with Crippen LogP contribution >= 0.6 is 0 Å². The van der Waals surface area contributed by atoms with Crippen molar-refractivity contribution in [2.75, 3.05) is 13.1 Å². The zero-order chi connectivity index (χ0) is 11.3. The van der Waals surface area contributed by atoms with Gasteiger partial charge in [-0.25, -0.2) is 0 Å². The Hall–Kier alpha value is -0.290. The second-order valence-corrected chi connectivity index (χ2v) is 4.26. The van der Waals surface area contributed by atoms with Crippen LogP contribution in [0.2, 0.25) is 0 Å². The van der Waals surface area contributed by atoms with E-state index in [1.807, 2.05) is 0 Å². The molecule has 0 radical (unpaired) electrons. The van der Waals surface area contributed by atoms with Crippen molar-refractivity contribution in [3.8, 4) is 0 Å². The maximum atomic E-state index is 11.8. The van der Waals surface area contributed by atoms with Gasteiger partial charge >= 0.3 is 6.18 Å². The van der Waals surface area contributed by atoms with E-state index in [0.29, 0.717) is 12.5 Å². The van der Waals surface area contributed by atoms with Gasteiger partial charge in [0.15, 0.2) is 0 Å². The molecule has 1 unspecified atom stereocenters. The van der Waals surface area contributed by atoms with Crippen LogP contribution in [0.3, 0.4) is 0 Å². The van der Waals surface area contributed by atoms with Gasteiger partial charge in [-0.05, 0) is 44.7 Å². The molecule has 0 aromatic rings. The lowest BCUT2D eigenvalue weighted by Gasteiger charge is -2.11. The van der Waals surface area contributed by atoms with Crippen LogP contribution < -0.4 is 11.1 Å². The van der Waals surface area contributed by atoms with Gasteiger partial charge in [0.1, 0.15) is 0 Å². The predicted octanol–water partition coefficient (Wildman–Crippen LogP) is 2.05. The number of nitrogens with two attached hydrogens (primary N) is 1. The van der Waals surface area contributed by atoms with Crippen LogP contribution in [0.1, 0.15) is 32.1 Å². The third-order valence-electron chi connectivity index (χ3n) is 2.70. The molecule has 3 N–H and O–H groups in total. The number of hydrogen-bond acceptors (Lipinski definition) is 2. The van der Waals surface area contributed by atoms with Gasteiger partial charge in [0.05, 0.1) is 0 Å². The molecule has 5 heteroatoms. The smallest absolute Gasteiger partial charge is 0.327 e. The van der Waals surface area contributed by atoms with Crippen LogP contribution in [-0.4, -0.2) is 25.3 Å². The van der Waals surface area contributed by atoms with Crippen molar-refractivity contribution in [3.05, 3.63) is 0 Å². The molecule has 1 aliphatic rings. The van der Waals surface area contributed by atoms with Gasteiger partial charge in [-0.2, -0.15) is 13.2 Å². The normalized spacial score (nSPS) is 19.2. The lowest BCUT2D eigenvalue weighted by Crippen LogP contribution is -2.29. The van der Waals surface area contributed by atoms with E-state index < -0.39 is 12.6 Å². The van der Waals surface area contributed by atoms with E-state index in [0.717, 1.165) is 13.0 Å². The van der Waals surface area contributed by atoms with Gasteiger partial charge in [-0.3, -0.25) is 0 Å². The third-order valence-corrected chi connectivity index (χ3v) is 2.70. The molecule has 0 bridgehead atoms. The van der Waals surface area contributed by atoms with Gasteiger partial charge in [0, 0.05) is 12.5 Å². The molecular weight excluding hydrogens is 205 g/mol. The number of alkyl halides is 3. The molecule has 0 aromatic carbocycles. The van der Waals surface area contributed by atoms with Crippen LogP contribution in [0.5, 0.6) is 0 Å². The number of rotatable bonds is 7. The SMILES string of the molecule is NC(CCNCCCC(F)(F)F)C1CC1. The minimum Gasteiger partial charge on any atom is -0.327 e. The molecule has 1 atom stereocenters. The van der Waals surface area contributed by atoms with Crippen molar-refractivity contribution in [2.45, 2.75) is 44.3 Å². The van der Waals surface area contributed by atoms with E-state index >= 15 is 0 Å². The van der Waals surface area contributed by atoms with E-state index in [9.17, 15) is 13.2 Å². The maximum Gasteiger partial charge on any atom is 0.389 e. The summed E-state index contributed by atoms with van der Waals surface area (Å²) in [5.74, 6) is 0.668. The van der Waals surface area contributed by atoms with Crippen molar-refractivity contribution in [1.29, 1.82) is 0 Å². The summed E-state index contributed by atoms with van der Waals surface area (Å²) < 4.78 is 35.3. The molecule has 0 spiro atoms. The molecule has 15 heavy (non-hydrogen) atoms. The summed E-state index contributed by atoms with van der Waals surface area (Å²) in [6.45, 7) is 1.16. The second kappa shape index (κ2) is 5.70. The first kappa shape index (κ1) is 12.8. The second-order valence-electron chi connectivity index (χ2n) is 4.26. The minimum atomic E-state index is -4.02. The zero-order valence-electron chi connectivity index (χ0n) is 8.82. The van der Waals surface area contributed by atoms with E-state index in [2.05, 4.69) is 5.32 Å². The highest BCUT2D eigenvalue weighted by Gasteiger charge is 2.28. The summed E-state index contributed by atoms with van der Waals surface area (Å²) in [7, 11) is 0. The molecule has 1 rings (SSSR count). The first-order valence-corrected chi connectivity index (χ1v) is 5.52. The summed E-state index contributed by atoms with van der Waals surface area (Å²) in [5.41, 5.74) is 5.84. The molecule has 0 amide bonds. The van der Waals surface area contributed by atoms with E-state index in [4.69, 9.17) is 5.73 Å². The first-order chi connectivity index (χ1) is 6.99. The quantitative estimate of drug-likeness (QED) is 0.649. The highest BCUT2D eigenvalue weighted by molar-refractivity contribution is 4.84. The first-order valence-electron chi connectivity index (χ1n) is 5.52. The predicted molar refractivity (Wildman–Crippen MR) is 53.5 cm³/mol. The average Bonchev–Trinajstić information content (AvgIpc) is 2.91. The summed E-state index contributed by atoms with van der Waals surface area (Å²) >= 11 is 0. The molecule has 1 fully saturated rings. The van der Waals surface area contributed by atoms with E-state index in [1.54, 1.807) is 0 Å². The van der Waals surface area contributed by atoms with Crippen LogP contribution in [0, 0.1) is 5.92 Å². The Bertz CT molecular complexity index is 178. The van der Waals surface area contributed by atoms with Crippen LogP contribution in [0.25, 0.3) is 0 Å². The molecule has 0 heterocycles.